The van der Waals surface area contributed by atoms with Crippen LogP contribution in [-0.4, -0.2) is 16.7 Å². The molecule has 1 aromatic rings. The van der Waals surface area contributed by atoms with Crippen LogP contribution in [0.1, 0.15) is 46.2 Å². The topological polar surface area (TPSA) is 31.4 Å². The Kier molecular flexibility index (Phi) is 3.27. The third kappa shape index (κ3) is 3.62. The number of hydrogen-bond acceptors (Lipinski definition) is 3. The van der Waals surface area contributed by atoms with E-state index in [0.717, 1.165) is 30.7 Å². The molecule has 0 amide bonds. The Labute approximate surface area is 103 Å². The Morgan fingerprint density at radius 1 is 1.29 bits per heavy atom. The molecular weight excluding hydrogens is 214 g/mol. The molecule has 3 nitrogen and oxygen atoms in total. The fraction of sp³-hybridized carbons (Fsp3) is 0.643. The van der Waals surface area contributed by atoms with Crippen LogP contribution in [0.15, 0.2) is 12.1 Å². The molecule has 0 radical (unpaired) electrons. The smallest absolute Gasteiger partial charge is 0.257 e. The summed E-state index contributed by atoms with van der Waals surface area (Å²) in [6.07, 6.45) is 3.56. The van der Waals surface area contributed by atoms with Crippen molar-refractivity contribution < 1.29 is 9.47 Å². The van der Waals surface area contributed by atoms with Gasteiger partial charge in [-0.15, -0.1) is 0 Å². The second-order valence-corrected chi connectivity index (χ2v) is 5.49. The highest BCUT2D eigenvalue weighted by Gasteiger charge is 2.26. The van der Waals surface area contributed by atoms with Crippen LogP contribution in [-0.2, 0) is 6.42 Å². The van der Waals surface area contributed by atoms with Gasteiger partial charge in [0.25, 0.3) is 5.88 Å². The van der Waals surface area contributed by atoms with Crippen molar-refractivity contribution >= 4 is 0 Å². The standard InChI is InChI=1S/C14H21NO2/c1-5-10-6-9-12(16-11-7-8-11)13(15-10)17-14(2,3)4/h6,9,11H,5,7-8H2,1-4H3. The molecule has 0 aromatic carbocycles. The average molecular weight is 235 g/mol. The van der Waals surface area contributed by atoms with E-state index in [1.807, 2.05) is 32.9 Å². The molecule has 1 aromatic heterocycles. The predicted octanol–water partition coefficient (Wildman–Crippen LogP) is 3.36. The van der Waals surface area contributed by atoms with Gasteiger partial charge in [-0.05, 0) is 52.2 Å². The molecule has 94 valence electrons. The number of hydrogen-bond donors (Lipinski definition) is 0. The highest BCUT2D eigenvalue weighted by molar-refractivity contribution is 5.35. The number of ether oxygens (including phenoxy) is 2. The lowest BCUT2D eigenvalue weighted by Crippen LogP contribution is -2.24. The summed E-state index contributed by atoms with van der Waals surface area (Å²) in [4.78, 5) is 4.51. The second-order valence-electron chi connectivity index (χ2n) is 5.49. The minimum atomic E-state index is -0.249. The summed E-state index contributed by atoms with van der Waals surface area (Å²) < 4.78 is 11.7. The number of pyridine rings is 1. The van der Waals surface area contributed by atoms with Crippen molar-refractivity contribution in [3.8, 4) is 11.6 Å². The maximum Gasteiger partial charge on any atom is 0.257 e. The van der Waals surface area contributed by atoms with Gasteiger partial charge in [0.05, 0.1) is 6.10 Å². The molecule has 1 aliphatic rings. The summed E-state index contributed by atoms with van der Waals surface area (Å²) in [6, 6.07) is 3.98. The van der Waals surface area contributed by atoms with Crippen molar-refractivity contribution in [3.63, 3.8) is 0 Å². The van der Waals surface area contributed by atoms with E-state index in [0.29, 0.717) is 12.0 Å². The van der Waals surface area contributed by atoms with Crippen LogP contribution in [0.4, 0.5) is 0 Å². The molecule has 1 fully saturated rings. The van der Waals surface area contributed by atoms with Crippen LogP contribution < -0.4 is 9.47 Å². The first-order valence-corrected chi connectivity index (χ1v) is 6.33. The predicted molar refractivity (Wildman–Crippen MR) is 67.6 cm³/mol. The van der Waals surface area contributed by atoms with E-state index in [4.69, 9.17) is 9.47 Å². The summed E-state index contributed by atoms with van der Waals surface area (Å²) >= 11 is 0. The summed E-state index contributed by atoms with van der Waals surface area (Å²) in [5.74, 6) is 1.41. The van der Waals surface area contributed by atoms with Crippen molar-refractivity contribution in [2.75, 3.05) is 0 Å². The molecule has 1 heterocycles. The Hall–Kier alpha value is -1.25. The van der Waals surface area contributed by atoms with E-state index in [1.165, 1.54) is 0 Å². The highest BCUT2D eigenvalue weighted by Crippen LogP contribution is 2.34. The number of aryl methyl sites for hydroxylation is 1. The quantitative estimate of drug-likeness (QED) is 0.802. The van der Waals surface area contributed by atoms with Crippen LogP contribution in [0.3, 0.4) is 0 Å². The molecule has 3 heteroatoms. The molecule has 0 bridgehead atoms. The number of aromatic nitrogens is 1. The van der Waals surface area contributed by atoms with E-state index in [2.05, 4.69) is 11.9 Å². The van der Waals surface area contributed by atoms with Gasteiger partial charge in [-0.3, -0.25) is 0 Å². The van der Waals surface area contributed by atoms with E-state index in [9.17, 15) is 0 Å². The lowest BCUT2D eigenvalue weighted by atomic mass is 10.2. The SMILES string of the molecule is CCc1ccc(OC2CC2)c(OC(C)(C)C)n1. The Bertz CT molecular complexity index is 392. The molecule has 17 heavy (non-hydrogen) atoms. The van der Waals surface area contributed by atoms with Gasteiger partial charge in [-0.25, -0.2) is 4.98 Å². The molecule has 1 saturated carbocycles. The summed E-state index contributed by atoms with van der Waals surface area (Å²) in [7, 11) is 0. The van der Waals surface area contributed by atoms with Crippen LogP contribution >= 0.6 is 0 Å². The molecular formula is C14H21NO2. The van der Waals surface area contributed by atoms with Gasteiger partial charge in [-0.1, -0.05) is 6.92 Å². The van der Waals surface area contributed by atoms with Gasteiger partial charge in [0, 0.05) is 5.69 Å². The maximum absolute atomic E-state index is 5.87. The third-order valence-electron chi connectivity index (χ3n) is 2.47. The van der Waals surface area contributed by atoms with Crippen LogP contribution in [0.25, 0.3) is 0 Å². The van der Waals surface area contributed by atoms with E-state index in [1.54, 1.807) is 0 Å². The molecule has 0 saturated heterocycles. The third-order valence-corrected chi connectivity index (χ3v) is 2.47. The molecule has 0 unspecified atom stereocenters. The average Bonchev–Trinajstić information content (AvgIpc) is 3.02. The van der Waals surface area contributed by atoms with Crippen LogP contribution in [0.2, 0.25) is 0 Å². The molecule has 0 spiro atoms. The Morgan fingerprint density at radius 2 is 2.00 bits per heavy atom. The summed E-state index contributed by atoms with van der Waals surface area (Å²) in [6.45, 7) is 8.15. The van der Waals surface area contributed by atoms with E-state index < -0.39 is 0 Å². The zero-order chi connectivity index (χ0) is 12.5. The highest BCUT2D eigenvalue weighted by atomic mass is 16.5. The normalized spacial score (nSPS) is 15.8. The first-order chi connectivity index (χ1) is 7.98. The first-order valence-electron chi connectivity index (χ1n) is 6.33. The van der Waals surface area contributed by atoms with Crippen molar-refractivity contribution in [1.29, 1.82) is 0 Å². The fourth-order valence-electron chi connectivity index (χ4n) is 1.48. The van der Waals surface area contributed by atoms with Gasteiger partial charge in [0.1, 0.15) is 5.60 Å². The Balaban J connectivity index is 2.22. The minimum Gasteiger partial charge on any atom is -0.485 e. The van der Waals surface area contributed by atoms with Gasteiger partial charge in [-0.2, -0.15) is 0 Å². The van der Waals surface area contributed by atoms with Crippen molar-refractivity contribution in [2.24, 2.45) is 0 Å². The van der Waals surface area contributed by atoms with Gasteiger partial charge in [0.15, 0.2) is 5.75 Å². The summed E-state index contributed by atoms with van der Waals surface area (Å²) in [5.41, 5.74) is 0.786. The lowest BCUT2D eigenvalue weighted by Gasteiger charge is -2.22. The van der Waals surface area contributed by atoms with Gasteiger partial charge in [0.2, 0.25) is 0 Å². The van der Waals surface area contributed by atoms with Gasteiger partial charge >= 0.3 is 0 Å². The van der Waals surface area contributed by atoms with E-state index >= 15 is 0 Å². The minimum absolute atomic E-state index is 0.249. The van der Waals surface area contributed by atoms with Crippen molar-refractivity contribution in [1.82, 2.24) is 4.98 Å². The fourth-order valence-corrected chi connectivity index (χ4v) is 1.48. The van der Waals surface area contributed by atoms with Crippen molar-refractivity contribution in [3.05, 3.63) is 17.8 Å². The zero-order valence-electron chi connectivity index (χ0n) is 11.1. The summed E-state index contributed by atoms with van der Waals surface area (Å²) in [5, 5.41) is 0. The maximum atomic E-state index is 5.87. The van der Waals surface area contributed by atoms with E-state index in [-0.39, 0.29) is 5.60 Å². The van der Waals surface area contributed by atoms with Crippen LogP contribution in [0.5, 0.6) is 11.6 Å². The van der Waals surface area contributed by atoms with Crippen LogP contribution in [0, 0.1) is 0 Å². The molecule has 2 rings (SSSR count). The van der Waals surface area contributed by atoms with Gasteiger partial charge < -0.3 is 9.47 Å². The zero-order valence-corrected chi connectivity index (χ0v) is 11.1. The lowest BCUT2D eigenvalue weighted by molar-refractivity contribution is 0.115. The van der Waals surface area contributed by atoms with Crippen molar-refractivity contribution in [2.45, 2.75) is 58.7 Å². The first kappa shape index (κ1) is 12.2. The largest absolute Gasteiger partial charge is 0.485 e. The molecule has 0 atom stereocenters. The monoisotopic (exact) mass is 235 g/mol. The molecule has 0 aliphatic heterocycles. The molecule has 1 aliphatic carbocycles. The number of rotatable bonds is 4. The number of nitrogens with zero attached hydrogens (tertiary/aromatic N) is 1. The molecule has 0 N–H and O–H groups in total. The Morgan fingerprint density at radius 3 is 2.53 bits per heavy atom. The second kappa shape index (κ2) is 4.55.